The molecule has 232 valence electrons. The monoisotopic (exact) mass is 611 g/mol. The molecule has 0 fully saturated rings. The Balaban J connectivity index is 2.08. The molecule has 3 aromatic rings. The molecule has 1 atom stereocenters. The van der Waals surface area contributed by atoms with Gasteiger partial charge in [-0.2, -0.15) is 0 Å². The molecule has 3 rings (SSSR count). The molecule has 0 aliphatic heterocycles. The van der Waals surface area contributed by atoms with E-state index in [1.54, 1.807) is 31.2 Å². The number of benzene rings is 3. The van der Waals surface area contributed by atoms with Crippen molar-refractivity contribution in [3.63, 3.8) is 0 Å². The van der Waals surface area contributed by atoms with Gasteiger partial charge in [-0.3, -0.25) is 13.9 Å². The van der Waals surface area contributed by atoms with E-state index in [2.05, 4.69) is 5.32 Å². The van der Waals surface area contributed by atoms with Crippen LogP contribution < -0.4 is 23.8 Å². The fourth-order valence-corrected chi connectivity index (χ4v) is 5.78. The number of nitrogens with one attached hydrogen (secondary N) is 1. The quantitative estimate of drug-likeness (QED) is 0.300. The molecule has 10 nitrogen and oxygen atoms in total. The minimum Gasteiger partial charge on any atom is -0.494 e. The fraction of sp³-hybridized carbons (Fsp3) is 0.375. The van der Waals surface area contributed by atoms with Gasteiger partial charge in [0, 0.05) is 18.2 Å². The number of nitrogens with zero attached hydrogens (tertiary/aromatic N) is 2. The average Bonchev–Trinajstić information content (AvgIpc) is 2.98. The van der Waals surface area contributed by atoms with Gasteiger partial charge >= 0.3 is 0 Å². The maximum absolute atomic E-state index is 14.2. The predicted molar refractivity (Wildman–Crippen MR) is 166 cm³/mol. The number of hydrogen-bond donors (Lipinski definition) is 1. The summed E-state index contributed by atoms with van der Waals surface area (Å²) in [5.41, 5.74) is 0.512. The molecular formula is C32H41N3O7S. The first-order chi connectivity index (χ1) is 20.3. The number of sulfonamides is 1. The summed E-state index contributed by atoms with van der Waals surface area (Å²) in [6.07, 6.45) is 0. The van der Waals surface area contributed by atoms with Crippen LogP contribution >= 0.6 is 0 Å². The van der Waals surface area contributed by atoms with Gasteiger partial charge in [-0.25, -0.2) is 8.42 Å². The van der Waals surface area contributed by atoms with E-state index in [9.17, 15) is 18.0 Å². The van der Waals surface area contributed by atoms with E-state index in [1.807, 2.05) is 58.0 Å². The number of amides is 2. The Morgan fingerprint density at radius 3 is 2.09 bits per heavy atom. The van der Waals surface area contributed by atoms with E-state index in [0.29, 0.717) is 18.1 Å². The predicted octanol–water partition coefficient (Wildman–Crippen LogP) is 4.63. The van der Waals surface area contributed by atoms with Gasteiger partial charge in [-0.05, 0) is 76.6 Å². The summed E-state index contributed by atoms with van der Waals surface area (Å²) in [6, 6.07) is 19.0. The second-order valence-electron chi connectivity index (χ2n) is 10.9. The van der Waals surface area contributed by atoms with Crippen LogP contribution in [-0.2, 0) is 26.2 Å². The lowest BCUT2D eigenvalue weighted by Crippen LogP contribution is -2.54. The Hall–Kier alpha value is -4.25. The van der Waals surface area contributed by atoms with Crippen LogP contribution in [0.1, 0.15) is 40.2 Å². The summed E-state index contributed by atoms with van der Waals surface area (Å²) in [5, 5.41) is 2.92. The van der Waals surface area contributed by atoms with Crippen LogP contribution in [0.25, 0.3) is 0 Å². The zero-order valence-electron chi connectivity index (χ0n) is 25.8. The molecule has 0 unspecified atom stereocenters. The van der Waals surface area contributed by atoms with Crippen molar-refractivity contribution in [1.82, 2.24) is 10.2 Å². The zero-order valence-corrected chi connectivity index (χ0v) is 26.6. The lowest BCUT2D eigenvalue weighted by Gasteiger charge is -2.33. The Morgan fingerprint density at radius 1 is 0.907 bits per heavy atom. The van der Waals surface area contributed by atoms with Crippen molar-refractivity contribution in [2.24, 2.45) is 0 Å². The lowest BCUT2D eigenvalue weighted by molar-refractivity contribution is -0.140. The summed E-state index contributed by atoms with van der Waals surface area (Å²) >= 11 is 0. The molecule has 0 saturated carbocycles. The van der Waals surface area contributed by atoms with Gasteiger partial charge < -0.3 is 24.4 Å². The third-order valence-corrected chi connectivity index (χ3v) is 8.29. The number of anilines is 1. The molecule has 3 aromatic carbocycles. The normalized spacial score (nSPS) is 12.2. The largest absolute Gasteiger partial charge is 0.494 e. The van der Waals surface area contributed by atoms with Gasteiger partial charge in [-0.15, -0.1) is 0 Å². The van der Waals surface area contributed by atoms with E-state index < -0.39 is 34.1 Å². The van der Waals surface area contributed by atoms with Gasteiger partial charge in [0.25, 0.3) is 10.0 Å². The number of hydrogen-bond acceptors (Lipinski definition) is 7. The molecule has 0 aliphatic rings. The van der Waals surface area contributed by atoms with Crippen molar-refractivity contribution in [3.8, 4) is 17.2 Å². The summed E-state index contributed by atoms with van der Waals surface area (Å²) in [6.45, 7) is 9.01. The summed E-state index contributed by atoms with van der Waals surface area (Å²) < 4.78 is 45.5. The molecule has 0 aliphatic carbocycles. The van der Waals surface area contributed by atoms with E-state index in [-0.39, 0.29) is 28.8 Å². The lowest BCUT2D eigenvalue weighted by atomic mass is 10.1. The highest BCUT2D eigenvalue weighted by molar-refractivity contribution is 7.92. The third kappa shape index (κ3) is 8.63. The number of ether oxygens (including phenoxy) is 3. The SMILES string of the molecule is CCOc1ccc(N(CC(=O)N(Cc2ccccc2)[C@@H](C)C(=O)NC(C)(C)C)S(=O)(=O)c2ccc(OC)c(OC)c2)cc1. The standard InChI is InChI=1S/C32H41N3O7S/c1-8-42-26-16-14-25(15-17-26)35(43(38,39)27-18-19-28(40-6)29(20-27)41-7)22-30(36)34(21-24-12-10-9-11-13-24)23(2)31(37)33-32(3,4)5/h9-20,23H,8,21-22H2,1-7H3,(H,33,37)/t23-/m0/s1. The minimum atomic E-state index is -4.30. The minimum absolute atomic E-state index is 0.0973. The van der Waals surface area contributed by atoms with E-state index in [4.69, 9.17) is 14.2 Å². The van der Waals surface area contributed by atoms with Crippen molar-refractivity contribution in [3.05, 3.63) is 78.4 Å². The van der Waals surface area contributed by atoms with Crippen molar-refractivity contribution >= 4 is 27.5 Å². The van der Waals surface area contributed by atoms with E-state index >= 15 is 0 Å². The highest BCUT2D eigenvalue weighted by Crippen LogP contribution is 2.33. The molecule has 1 N–H and O–H groups in total. The topological polar surface area (TPSA) is 114 Å². The van der Waals surface area contributed by atoms with Crippen LogP contribution in [0.15, 0.2) is 77.7 Å². The van der Waals surface area contributed by atoms with Crippen LogP contribution in [0.2, 0.25) is 0 Å². The molecule has 0 bridgehead atoms. The van der Waals surface area contributed by atoms with Crippen LogP contribution in [-0.4, -0.2) is 64.1 Å². The molecule has 43 heavy (non-hydrogen) atoms. The molecular weight excluding hydrogens is 570 g/mol. The van der Waals surface area contributed by atoms with Crippen LogP contribution in [0, 0.1) is 0 Å². The summed E-state index contributed by atoms with van der Waals surface area (Å²) in [7, 11) is -1.44. The summed E-state index contributed by atoms with van der Waals surface area (Å²) in [4.78, 5) is 28.6. The Bertz CT molecular complexity index is 1490. The van der Waals surface area contributed by atoms with Crippen molar-refractivity contribution < 1.29 is 32.2 Å². The van der Waals surface area contributed by atoms with Crippen molar-refractivity contribution in [2.45, 2.75) is 57.6 Å². The molecule has 0 spiro atoms. The molecule has 0 saturated heterocycles. The Labute approximate surface area is 254 Å². The molecule has 11 heteroatoms. The smallest absolute Gasteiger partial charge is 0.264 e. The zero-order chi connectivity index (χ0) is 31.8. The maximum atomic E-state index is 14.2. The van der Waals surface area contributed by atoms with Gasteiger partial charge in [0.15, 0.2) is 11.5 Å². The van der Waals surface area contributed by atoms with Crippen LogP contribution in [0.4, 0.5) is 5.69 Å². The van der Waals surface area contributed by atoms with Crippen LogP contribution in [0.5, 0.6) is 17.2 Å². The fourth-order valence-electron chi connectivity index (χ4n) is 4.35. The highest BCUT2D eigenvalue weighted by atomic mass is 32.2. The molecule has 2 amide bonds. The first-order valence-electron chi connectivity index (χ1n) is 13.9. The molecule has 0 radical (unpaired) electrons. The Kier molecular flexibility index (Phi) is 11.0. The number of carbonyl (C=O) groups is 2. The Morgan fingerprint density at radius 2 is 1.53 bits per heavy atom. The first-order valence-corrected chi connectivity index (χ1v) is 15.4. The first kappa shape index (κ1) is 33.3. The van der Waals surface area contributed by atoms with Gasteiger partial charge in [0.05, 0.1) is 31.4 Å². The van der Waals surface area contributed by atoms with Gasteiger partial charge in [0.2, 0.25) is 11.8 Å². The molecule has 0 heterocycles. The van der Waals surface area contributed by atoms with Crippen molar-refractivity contribution in [2.75, 3.05) is 31.7 Å². The average molecular weight is 612 g/mol. The highest BCUT2D eigenvalue weighted by Gasteiger charge is 2.34. The number of carbonyl (C=O) groups excluding carboxylic acids is 2. The van der Waals surface area contributed by atoms with Crippen molar-refractivity contribution in [1.29, 1.82) is 0 Å². The van der Waals surface area contributed by atoms with Gasteiger partial charge in [0.1, 0.15) is 18.3 Å². The van der Waals surface area contributed by atoms with Gasteiger partial charge in [-0.1, -0.05) is 30.3 Å². The summed E-state index contributed by atoms with van der Waals surface area (Å²) in [5.74, 6) is 0.224. The maximum Gasteiger partial charge on any atom is 0.264 e. The molecule has 0 aromatic heterocycles. The van der Waals surface area contributed by atoms with Crippen LogP contribution in [0.3, 0.4) is 0 Å². The number of rotatable bonds is 13. The third-order valence-electron chi connectivity index (χ3n) is 6.52. The van der Waals surface area contributed by atoms with E-state index in [1.165, 1.54) is 37.3 Å². The second-order valence-corrected chi connectivity index (χ2v) is 12.7. The second kappa shape index (κ2) is 14.3. The number of methoxy groups -OCH3 is 2. The van der Waals surface area contributed by atoms with E-state index in [0.717, 1.165) is 9.87 Å².